The second-order valence-corrected chi connectivity index (χ2v) is 5.64. The average Bonchev–Trinajstić information content (AvgIpc) is 2.47. The Balaban J connectivity index is 1.97. The fourth-order valence-corrected chi connectivity index (χ4v) is 3.02. The molecule has 0 bridgehead atoms. The second-order valence-electron chi connectivity index (χ2n) is 4.78. The van der Waals surface area contributed by atoms with Gasteiger partial charge in [0.25, 0.3) is 0 Å². The summed E-state index contributed by atoms with van der Waals surface area (Å²) in [6.07, 6.45) is -0.149. The van der Waals surface area contributed by atoms with E-state index in [1.165, 1.54) is 0 Å². The SMILES string of the molecule is COc1ccc2c(c1)OC(c1ccccc1Br)C[C@H]2O. The molecule has 0 aromatic heterocycles. The highest BCUT2D eigenvalue weighted by molar-refractivity contribution is 9.10. The van der Waals surface area contributed by atoms with Gasteiger partial charge in [-0.05, 0) is 18.2 Å². The Morgan fingerprint density at radius 3 is 2.75 bits per heavy atom. The Hall–Kier alpha value is -1.52. The molecule has 104 valence electrons. The predicted molar refractivity (Wildman–Crippen MR) is 80.1 cm³/mol. The summed E-state index contributed by atoms with van der Waals surface area (Å²) in [6.45, 7) is 0. The lowest BCUT2D eigenvalue weighted by Crippen LogP contribution is -2.19. The topological polar surface area (TPSA) is 38.7 Å². The first-order valence-electron chi connectivity index (χ1n) is 6.46. The molecule has 0 radical (unpaired) electrons. The highest BCUT2D eigenvalue weighted by Crippen LogP contribution is 2.43. The van der Waals surface area contributed by atoms with Gasteiger partial charge in [0, 0.05) is 28.1 Å². The first-order chi connectivity index (χ1) is 9.69. The smallest absolute Gasteiger partial charge is 0.129 e. The Morgan fingerprint density at radius 2 is 2.00 bits per heavy atom. The molecule has 1 aliphatic rings. The zero-order valence-corrected chi connectivity index (χ0v) is 12.6. The van der Waals surface area contributed by atoms with Crippen LogP contribution in [0.25, 0.3) is 0 Å². The van der Waals surface area contributed by atoms with Gasteiger partial charge in [-0.15, -0.1) is 0 Å². The number of ether oxygens (including phenoxy) is 2. The number of halogens is 1. The average molecular weight is 335 g/mol. The molecule has 1 aliphatic heterocycles. The normalized spacial score (nSPS) is 20.9. The van der Waals surface area contributed by atoms with Gasteiger partial charge in [0.1, 0.15) is 17.6 Å². The standard InChI is InChI=1S/C16H15BrO3/c1-19-10-6-7-12-14(18)9-16(20-15(12)8-10)11-4-2-3-5-13(11)17/h2-8,14,16,18H,9H2,1H3/t14-,16?/m1/s1. The van der Waals surface area contributed by atoms with E-state index in [1.54, 1.807) is 7.11 Å². The number of fused-ring (bicyclic) bond motifs is 1. The largest absolute Gasteiger partial charge is 0.497 e. The summed E-state index contributed by atoms with van der Waals surface area (Å²) in [5, 5.41) is 10.3. The van der Waals surface area contributed by atoms with E-state index < -0.39 is 6.10 Å². The molecule has 20 heavy (non-hydrogen) atoms. The van der Waals surface area contributed by atoms with Crippen LogP contribution in [0.5, 0.6) is 11.5 Å². The van der Waals surface area contributed by atoms with Crippen LogP contribution >= 0.6 is 15.9 Å². The monoisotopic (exact) mass is 334 g/mol. The van der Waals surface area contributed by atoms with E-state index in [2.05, 4.69) is 15.9 Å². The molecule has 0 aliphatic carbocycles. The van der Waals surface area contributed by atoms with Crippen molar-refractivity contribution in [3.8, 4) is 11.5 Å². The van der Waals surface area contributed by atoms with Crippen molar-refractivity contribution in [1.29, 1.82) is 0 Å². The number of hydrogen-bond acceptors (Lipinski definition) is 3. The summed E-state index contributed by atoms with van der Waals surface area (Å²) in [5.74, 6) is 1.41. The lowest BCUT2D eigenvalue weighted by molar-refractivity contribution is 0.0651. The number of benzene rings is 2. The van der Waals surface area contributed by atoms with E-state index in [-0.39, 0.29) is 6.10 Å². The third-order valence-corrected chi connectivity index (χ3v) is 4.26. The highest BCUT2D eigenvalue weighted by atomic mass is 79.9. The van der Waals surface area contributed by atoms with E-state index in [0.29, 0.717) is 12.2 Å². The van der Waals surface area contributed by atoms with Crippen LogP contribution in [0.15, 0.2) is 46.9 Å². The van der Waals surface area contributed by atoms with Crippen molar-refractivity contribution in [2.75, 3.05) is 7.11 Å². The Morgan fingerprint density at radius 1 is 1.20 bits per heavy atom. The number of methoxy groups -OCH3 is 1. The van der Waals surface area contributed by atoms with Crippen molar-refractivity contribution >= 4 is 15.9 Å². The molecule has 1 unspecified atom stereocenters. The molecule has 3 nitrogen and oxygen atoms in total. The maximum absolute atomic E-state index is 10.3. The molecule has 1 N–H and O–H groups in total. The van der Waals surface area contributed by atoms with Crippen LogP contribution in [0.2, 0.25) is 0 Å². The summed E-state index contributed by atoms with van der Waals surface area (Å²) < 4.78 is 12.2. The summed E-state index contributed by atoms with van der Waals surface area (Å²) in [7, 11) is 1.62. The minimum atomic E-state index is -0.526. The molecule has 0 spiro atoms. The number of aliphatic hydroxyl groups is 1. The molecule has 0 saturated carbocycles. The first-order valence-corrected chi connectivity index (χ1v) is 7.25. The molecule has 4 heteroatoms. The molecule has 2 aromatic carbocycles. The zero-order chi connectivity index (χ0) is 14.1. The second kappa shape index (κ2) is 5.46. The van der Waals surface area contributed by atoms with Crippen LogP contribution in [0.1, 0.15) is 29.8 Å². The van der Waals surface area contributed by atoms with Crippen molar-refractivity contribution < 1.29 is 14.6 Å². The highest BCUT2D eigenvalue weighted by Gasteiger charge is 2.29. The third-order valence-electron chi connectivity index (χ3n) is 3.54. The molecular weight excluding hydrogens is 320 g/mol. The fourth-order valence-electron chi connectivity index (χ4n) is 2.48. The van der Waals surface area contributed by atoms with Gasteiger partial charge in [0.15, 0.2) is 0 Å². The maximum Gasteiger partial charge on any atom is 0.129 e. The van der Waals surface area contributed by atoms with Crippen LogP contribution in [-0.4, -0.2) is 12.2 Å². The summed E-state index contributed by atoms with van der Waals surface area (Å²) >= 11 is 3.53. The minimum Gasteiger partial charge on any atom is -0.497 e. The van der Waals surface area contributed by atoms with E-state index in [4.69, 9.17) is 9.47 Å². The quantitative estimate of drug-likeness (QED) is 0.901. The van der Waals surface area contributed by atoms with Gasteiger partial charge in [-0.2, -0.15) is 0 Å². The zero-order valence-electron chi connectivity index (χ0n) is 11.0. The van der Waals surface area contributed by atoms with Crippen LogP contribution in [0.4, 0.5) is 0 Å². The summed E-state index contributed by atoms with van der Waals surface area (Å²) in [4.78, 5) is 0. The third kappa shape index (κ3) is 2.41. The van der Waals surface area contributed by atoms with E-state index in [0.717, 1.165) is 21.3 Å². The van der Waals surface area contributed by atoms with Crippen molar-refractivity contribution in [3.63, 3.8) is 0 Å². The van der Waals surface area contributed by atoms with Crippen LogP contribution in [-0.2, 0) is 0 Å². The molecule has 0 amide bonds. The minimum absolute atomic E-state index is 0.166. The van der Waals surface area contributed by atoms with Gasteiger partial charge in [-0.3, -0.25) is 0 Å². The lowest BCUT2D eigenvalue weighted by Gasteiger charge is -2.30. The molecular formula is C16H15BrO3. The maximum atomic E-state index is 10.3. The molecule has 3 rings (SSSR count). The van der Waals surface area contributed by atoms with Gasteiger partial charge < -0.3 is 14.6 Å². The molecule has 0 fully saturated rings. The van der Waals surface area contributed by atoms with E-state index in [1.807, 2.05) is 42.5 Å². The van der Waals surface area contributed by atoms with Crippen molar-refractivity contribution in [2.24, 2.45) is 0 Å². The fraction of sp³-hybridized carbons (Fsp3) is 0.250. The van der Waals surface area contributed by atoms with E-state index >= 15 is 0 Å². The Kier molecular flexibility index (Phi) is 3.68. The van der Waals surface area contributed by atoms with Gasteiger partial charge in [0.05, 0.1) is 13.2 Å². The van der Waals surface area contributed by atoms with Crippen molar-refractivity contribution in [2.45, 2.75) is 18.6 Å². The number of rotatable bonds is 2. The molecule has 2 atom stereocenters. The van der Waals surface area contributed by atoms with Crippen LogP contribution in [0, 0.1) is 0 Å². The van der Waals surface area contributed by atoms with E-state index in [9.17, 15) is 5.11 Å². The van der Waals surface area contributed by atoms with Crippen molar-refractivity contribution in [1.82, 2.24) is 0 Å². The van der Waals surface area contributed by atoms with Gasteiger partial charge in [-0.25, -0.2) is 0 Å². The Bertz CT molecular complexity index is 627. The Labute approximate surface area is 126 Å². The summed E-state index contributed by atoms with van der Waals surface area (Å²) in [6, 6.07) is 13.4. The van der Waals surface area contributed by atoms with Gasteiger partial charge in [0.2, 0.25) is 0 Å². The molecule has 2 aromatic rings. The number of aliphatic hydroxyl groups excluding tert-OH is 1. The molecule has 0 saturated heterocycles. The lowest BCUT2D eigenvalue weighted by atomic mass is 9.95. The predicted octanol–water partition coefficient (Wildman–Crippen LogP) is 4.01. The summed E-state index contributed by atoms with van der Waals surface area (Å²) in [5.41, 5.74) is 1.86. The first kappa shape index (κ1) is 13.5. The van der Waals surface area contributed by atoms with Gasteiger partial charge in [-0.1, -0.05) is 34.1 Å². The molecule has 1 heterocycles. The van der Waals surface area contributed by atoms with Crippen molar-refractivity contribution in [3.05, 3.63) is 58.1 Å². The van der Waals surface area contributed by atoms with Crippen LogP contribution in [0.3, 0.4) is 0 Å². The van der Waals surface area contributed by atoms with Crippen LogP contribution < -0.4 is 9.47 Å². The van der Waals surface area contributed by atoms with Gasteiger partial charge >= 0.3 is 0 Å². The number of hydrogen-bond donors (Lipinski definition) is 1.